The summed E-state index contributed by atoms with van der Waals surface area (Å²) in [5.41, 5.74) is 1.11. The standard InChI is InChI=1S/C19H14O2/c20-15-9-10-21-18(12-15)19-16-7-3-1-5-13(16)11-14-6-2-4-8-17(14)19/h1-11,18H,12H2/t18-/m1/s1. The summed E-state index contributed by atoms with van der Waals surface area (Å²) in [7, 11) is 0. The van der Waals surface area contributed by atoms with Gasteiger partial charge in [-0.05, 0) is 27.6 Å². The first-order valence-electron chi connectivity index (χ1n) is 7.08. The molecule has 21 heavy (non-hydrogen) atoms. The van der Waals surface area contributed by atoms with E-state index in [1.54, 1.807) is 0 Å². The molecule has 3 aromatic carbocycles. The van der Waals surface area contributed by atoms with E-state index in [-0.39, 0.29) is 11.9 Å². The van der Waals surface area contributed by atoms with Gasteiger partial charge in [0.25, 0.3) is 0 Å². The van der Waals surface area contributed by atoms with Gasteiger partial charge in [-0.15, -0.1) is 0 Å². The Bertz CT molecular complexity index is 823. The van der Waals surface area contributed by atoms with E-state index in [1.807, 2.05) is 24.3 Å². The van der Waals surface area contributed by atoms with Gasteiger partial charge in [-0.2, -0.15) is 0 Å². The lowest BCUT2D eigenvalue weighted by Crippen LogP contribution is -2.12. The molecule has 1 aliphatic heterocycles. The van der Waals surface area contributed by atoms with Crippen LogP contribution in [0.2, 0.25) is 0 Å². The summed E-state index contributed by atoms with van der Waals surface area (Å²) >= 11 is 0. The molecule has 0 N–H and O–H groups in total. The smallest absolute Gasteiger partial charge is 0.162 e. The summed E-state index contributed by atoms with van der Waals surface area (Å²) in [5, 5.41) is 4.67. The van der Waals surface area contributed by atoms with Crippen molar-refractivity contribution in [2.75, 3.05) is 0 Å². The summed E-state index contributed by atoms with van der Waals surface area (Å²) in [6.07, 6.45) is 3.21. The van der Waals surface area contributed by atoms with Gasteiger partial charge in [-0.1, -0.05) is 48.5 Å². The second kappa shape index (κ2) is 4.74. The molecule has 0 saturated carbocycles. The van der Waals surface area contributed by atoms with Crippen LogP contribution in [0.15, 0.2) is 66.9 Å². The maximum atomic E-state index is 11.8. The first-order valence-corrected chi connectivity index (χ1v) is 7.08. The van der Waals surface area contributed by atoms with Gasteiger partial charge >= 0.3 is 0 Å². The van der Waals surface area contributed by atoms with E-state index in [1.165, 1.54) is 23.1 Å². The van der Waals surface area contributed by atoms with Crippen LogP contribution in [-0.4, -0.2) is 5.78 Å². The number of allylic oxidation sites excluding steroid dienone is 1. The molecule has 3 aromatic rings. The number of carbonyl (C=O) groups is 1. The Balaban J connectivity index is 2.07. The molecule has 102 valence electrons. The number of ether oxygens (including phenoxy) is 1. The van der Waals surface area contributed by atoms with Crippen LogP contribution < -0.4 is 0 Å². The molecule has 0 fully saturated rings. The molecule has 0 amide bonds. The third kappa shape index (κ3) is 2.00. The normalized spacial score (nSPS) is 18.1. The molecule has 0 radical (unpaired) electrons. The Hall–Kier alpha value is -2.61. The highest BCUT2D eigenvalue weighted by Gasteiger charge is 2.23. The third-order valence-corrected chi connectivity index (χ3v) is 4.02. The van der Waals surface area contributed by atoms with Gasteiger partial charge in [0.1, 0.15) is 6.10 Å². The fourth-order valence-corrected chi connectivity index (χ4v) is 3.07. The number of benzene rings is 3. The molecule has 0 spiro atoms. The van der Waals surface area contributed by atoms with Crippen molar-refractivity contribution in [3.8, 4) is 0 Å². The van der Waals surface area contributed by atoms with Gasteiger partial charge in [0, 0.05) is 11.6 Å². The lowest BCUT2D eigenvalue weighted by Gasteiger charge is -2.22. The van der Waals surface area contributed by atoms with E-state index in [9.17, 15) is 4.79 Å². The van der Waals surface area contributed by atoms with Crippen LogP contribution in [0, 0.1) is 0 Å². The summed E-state index contributed by atoms with van der Waals surface area (Å²) in [4.78, 5) is 11.8. The second-order valence-corrected chi connectivity index (χ2v) is 5.33. The fraction of sp³-hybridized carbons (Fsp3) is 0.105. The molecule has 0 aromatic heterocycles. The van der Waals surface area contributed by atoms with Gasteiger partial charge in [0.2, 0.25) is 0 Å². The average molecular weight is 274 g/mol. The minimum Gasteiger partial charge on any atom is -0.493 e. The number of ketones is 1. The zero-order valence-electron chi connectivity index (χ0n) is 11.5. The minimum absolute atomic E-state index is 0.114. The predicted octanol–water partition coefficient (Wildman–Crippen LogP) is 4.54. The predicted molar refractivity (Wildman–Crippen MR) is 84.0 cm³/mol. The summed E-state index contributed by atoms with van der Waals surface area (Å²) in [5.74, 6) is 0.114. The number of carbonyl (C=O) groups excluding carboxylic acids is 1. The van der Waals surface area contributed by atoms with Crippen molar-refractivity contribution in [2.24, 2.45) is 0 Å². The van der Waals surface area contributed by atoms with Crippen molar-refractivity contribution in [3.05, 3.63) is 72.5 Å². The molecule has 2 nitrogen and oxygen atoms in total. The highest BCUT2D eigenvalue weighted by Crippen LogP contribution is 2.37. The van der Waals surface area contributed by atoms with E-state index < -0.39 is 0 Å². The van der Waals surface area contributed by atoms with E-state index in [2.05, 4.69) is 30.3 Å². The van der Waals surface area contributed by atoms with Crippen molar-refractivity contribution in [3.63, 3.8) is 0 Å². The Kier molecular flexibility index (Phi) is 2.74. The molecular weight excluding hydrogens is 260 g/mol. The molecule has 1 atom stereocenters. The summed E-state index contributed by atoms with van der Waals surface area (Å²) in [6, 6.07) is 18.7. The molecule has 0 aliphatic carbocycles. The number of hydrogen-bond donors (Lipinski definition) is 0. The fourth-order valence-electron chi connectivity index (χ4n) is 3.07. The molecule has 0 saturated heterocycles. The van der Waals surface area contributed by atoms with Crippen molar-refractivity contribution in [1.29, 1.82) is 0 Å². The molecule has 0 bridgehead atoms. The Morgan fingerprint density at radius 1 is 0.905 bits per heavy atom. The highest BCUT2D eigenvalue weighted by atomic mass is 16.5. The van der Waals surface area contributed by atoms with Crippen molar-refractivity contribution in [1.82, 2.24) is 0 Å². The minimum atomic E-state index is -0.210. The van der Waals surface area contributed by atoms with Gasteiger partial charge < -0.3 is 4.74 Å². The maximum absolute atomic E-state index is 11.8. The van der Waals surface area contributed by atoms with E-state index >= 15 is 0 Å². The summed E-state index contributed by atoms with van der Waals surface area (Å²) < 4.78 is 5.75. The summed E-state index contributed by atoms with van der Waals surface area (Å²) in [6.45, 7) is 0. The number of rotatable bonds is 1. The molecule has 4 rings (SSSR count). The Labute approximate surface area is 122 Å². The van der Waals surface area contributed by atoms with Crippen molar-refractivity contribution >= 4 is 27.3 Å². The third-order valence-electron chi connectivity index (χ3n) is 4.02. The average Bonchev–Trinajstić information content (AvgIpc) is 2.52. The molecule has 0 unspecified atom stereocenters. The molecule has 2 heteroatoms. The highest BCUT2D eigenvalue weighted by molar-refractivity contribution is 6.03. The second-order valence-electron chi connectivity index (χ2n) is 5.33. The lowest BCUT2D eigenvalue weighted by atomic mass is 9.91. The zero-order chi connectivity index (χ0) is 14.2. The zero-order valence-corrected chi connectivity index (χ0v) is 11.5. The van der Waals surface area contributed by atoms with Gasteiger partial charge in [0.15, 0.2) is 5.78 Å². The van der Waals surface area contributed by atoms with Gasteiger partial charge in [0.05, 0.1) is 12.7 Å². The Morgan fingerprint density at radius 2 is 1.52 bits per heavy atom. The van der Waals surface area contributed by atoms with Crippen LogP contribution >= 0.6 is 0 Å². The molecule has 1 heterocycles. The first-order chi connectivity index (χ1) is 10.3. The molecular formula is C19H14O2. The van der Waals surface area contributed by atoms with E-state index in [0.29, 0.717) is 6.42 Å². The Morgan fingerprint density at radius 3 is 2.14 bits per heavy atom. The van der Waals surface area contributed by atoms with Crippen molar-refractivity contribution < 1.29 is 9.53 Å². The maximum Gasteiger partial charge on any atom is 0.162 e. The first kappa shape index (κ1) is 12.2. The lowest BCUT2D eigenvalue weighted by molar-refractivity contribution is -0.118. The van der Waals surface area contributed by atoms with Crippen LogP contribution in [-0.2, 0) is 9.53 Å². The van der Waals surface area contributed by atoms with Crippen LogP contribution in [0.5, 0.6) is 0 Å². The quantitative estimate of drug-likeness (QED) is 0.609. The van der Waals surface area contributed by atoms with Gasteiger partial charge in [-0.3, -0.25) is 4.79 Å². The van der Waals surface area contributed by atoms with Gasteiger partial charge in [-0.25, -0.2) is 0 Å². The SMILES string of the molecule is O=C1C=CO[C@@H](c2c3ccccc3cc3ccccc23)C1. The van der Waals surface area contributed by atoms with Crippen LogP contribution in [0.1, 0.15) is 18.1 Å². The van der Waals surface area contributed by atoms with Crippen molar-refractivity contribution in [2.45, 2.75) is 12.5 Å². The number of fused-ring (bicyclic) bond motifs is 2. The van der Waals surface area contributed by atoms with Crippen LogP contribution in [0.25, 0.3) is 21.5 Å². The molecule has 1 aliphatic rings. The monoisotopic (exact) mass is 274 g/mol. The van der Waals surface area contributed by atoms with E-state index in [4.69, 9.17) is 4.74 Å². The van der Waals surface area contributed by atoms with Crippen LogP contribution in [0.3, 0.4) is 0 Å². The van der Waals surface area contributed by atoms with E-state index in [0.717, 1.165) is 16.3 Å². The topological polar surface area (TPSA) is 26.3 Å². The largest absolute Gasteiger partial charge is 0.493 e. The van der Waals surface area contributed by atoms with Crippen LogP contribution in [0.4, 0.5) is 0 Å². The number of hydrogen-bond acceptors (Lipinski definition) is 2.